The number of hydrogen-bond donors (Lipinski definition) is 0. The lowest BCUT2D eigenvalue weighted by atomic mass is 9.83. The zero-order chi connectivity index (χ0) is 14.5. The molecule has 0 amide bonds. The van der Waals surface area contributed by atoms with Crippen molar-refractivity contribution in [2.24, 2.45) is 5.41 Å². The summed E-state index contributed by atoms with van der Waals surface area (Å²) in [6.07, 6.45) is 1.03. The van der Waals surface area contributed by atoms with Crippen molar-refractivity contribution in [2.75, 3.05) is 20.3 Å². The van der Waals surface area contributed by atoms with E-state index in [1.165, 1.54) is 0 Å². The summed E-state index contributed by atoms with van der Waals surface area (Å²) in [6.45, 7) is 7.64. The molecule has 0 heterocycles. The Kier molecular flexibility index (Phi) is 6.64. The van der Waals surface area contributed by atoms with Crippen LogP contribution in [0.1, 0.15) is 38.1 Å². The molecule has 1 atom stereocenters. The maximum atomic E-state index is 6.57. The van der Waals surface area contributed by atoms with E-state index >= 15 is 0 Å². The minimum atomic E-state index is -0.0122. The maximum Gasteiger partial charge on any atom is 0.133 e. The summed E-state index contributed by atoms with van der Waals surface area (Å²) in [5, 5.41) is -0.0122. The van der Waals surface area contributed by atoms with Crippen molar-refractivity contribution < 1.29 is 9.47 Å². The first-order valence-corrected chi connectivity index (χ1v) is 7.70. The van der Waals surface area contributed by atoms with Crippen LogP contribution in [0.5, 0.6) is 5.75 Å². The van der Waals surface area contributed by atoms with Crippen LogP contribution in [0, 0.1) is 5.41 Å². The highest BCUT2D eigenvalue weighted by Crippen LogP contribution is 2.42. The Bertz CT molecular complexity index is 407. The summed E-state index contributed by atoms with van der Waals surface area (Å²) in [4.78, 5) is 0. The molecule has 4 heteroatoms. The first kappa shape index (κ1) is 16.8. The van der Waals surface area contributed by atoms with E-state index in [-0.39, 0.29) is 10.8 Å². The van der Waals surface area contributed by atoms with Crippen LogP contribution in [-0.2, 0) is 4.74 Å². The molecule has 0 spiro atoms. The quantitative estimate of drug-likeness (QED) is 0.498. The lowest BCUT2D eigenvalue weighted by Gasteiger charge is -2.29. The lowest BCUT2D eigenvalue weighted by Crippen LogP contribution is -2.17. The van der Waals surface area contributed by atoms with Crippen LogP contribution in [-0.4, -0.2) is 20.3 Å². The van der Waals surface area contributed by atoms with Gasteiger partial charge in [0.05, 0.1) is 16.5 Å². The van der Waals surface area contributed by atoms with Gasteiger partial charge < -0.3 is 9.47 Å². The summed E-state index contributed by atoms with van der Waals surface area (Å²) in [7, 11) is 1.66. The normalized spacial score (nSPS) is 13.4. The predicted octanol–water partition coefficient (Wildman–Crippen LogP) is 5.19. The van der Waals surface area contributed by atoms with Crippen LogP contribution >= 0.6 is 27.5 Å². The lowest BCUT2D eigenvalue weighted by molar-refractivity contribution is 0.146. The van der Waals surface area contributed by atoms with Crippen molar-refractivity contribution in [3.05, 3.63) is 28.2 Å². The van der Waals surface area contributed by atoms with E-state index in [1.807, 2.05) is 18.2 Å². The zero-order valence-electron chi connectivity index (χ0n) is 12.0. The van der Waals surface area contributed by atoms with Gasteiger partial charge in [0.1, 0.15) is 12.4 Å². The van der Waals surface area contributed by atoms with Crippen LogP contribution in [0.2, 0.25) is 0 Å². The molecule has 108 valence electrons. The highest BCUT2D eigenvalue weighted by molar-refractivity contribution is 9.10. The molecule has 0 fully saturated rings. The first-order valence-electron chi connectivity index (χ1n) is 6.47. The van der Waals surface area contributed by atoms with Gasteiger partial charge in [0.25, 0.3) is 0 Å². The zero-order valence-corrected chi connectivity index (χ0v) is 14.3. The number of rotatable bonds is 7. The molecule has 0 aromatic heterocycles. The SMILES string of the molecule is CCC(C)(C)C(Cl)c1ccc(OCCOC)c(Br)c1. The average molecular weight is 350 g/mol. The van der Waals surface area contributed by atoms with E-state index < -0.39 is 0 Å². The number of hydrogen-bond acceptors (Lipinski definition) is 2. The first-order chi connectivity index (χ1) is 8.92. The molecule has 1 rings (SSSR count). The Balaban J connectivity index is 2.81. The molecule has 0 aliphatic rings. The van der Waals surface area contributed by atoms with Crippen molar-refractivity contribution in [1.82, 2.24) is 0 Å². The Morgan fingerprint density at radius 3 is 2.53 bits per heavy atom. The molecule has 1 aromatic carbocycles. The van der Waals surface area contributed by atoms with E-state index in [4.69, 9.17) is 21.1 Å². The summed E-state index contributed by atoms with van der Waals surface area (Å²) in [5.41, 5.74) is 1.18. The molecule has 0 bridgehead atoms. The molecule has 0 N–H and O–H groups in total. The minimum Gasteiger partial charge on any atom is -0.490 e. The molecule has 0 saturated heterocycles. The second kappa shape index (κ2) is 7.51. The van der Waals surface area contributed by atoms with Gasteiger partial charge in [-0.15, -0.1) is 11.6 Å². The molecule has 19 heavy (non-hydrogen) atoms. The Morgan fingerprint density at radius 1 is 1.32 bits per heavy atom. The summed E-state index contributed by atoms with van der Waals surface area (Å²) >= 11 is 10.1. The molecule has 0 saturated carbocycles. The van der Waals surface area contributed by atoms with Crippen molar-refractivity contribution in [2.45, 2.75) is 32.6 Å². The van der Waals surface area contributed by atoms with Crippen LogP contribution in [0.3, 0.4) is 0 Å². The fourth-order valence-corrected chi connectivity index (χ4v) is 2.46. The van der Waals surface area contributed by atoms with Crippen molar-refractivity contribution in [3.8, 4) is 5.75 Å². The number of methoxy groups -OCH3 is 1. The predicted molar refractivity (Wildman–Crippen MR) is 84.2 cm³/mol. The van der Waals surface area contributed by atoms with Crippen LogP contribution in [0.4, 0.5) is 0 Å². The van der Waals surface area contributed by atoms with Gasteiger partial charge in [-0.05, 0) is 45.5 Å². The maximum absolute atomic E-state index is 6.57. The van der Waals surface area contributed by atoms with Crippen LogP contribution in [0.15, 0.2) is 22.7 Å². The molecule has 0 aliphatic heterocycles. The molecular weight excluding hydrogens is 328 g/mol. The van der Waals surface area contributed by atoms with E-state index in [0.29, 0.717) is 13.2 Å². The van der Waals surface area contributed by atoms with Crippen molar-refractivity contribution in [1.29, 1.82) is 0 Å². The Hall–Kier alpha value is -0.250. The highest BCUT2D eigenvalue weighted by Gasteiger charge is 2.27. The molecule has 0 aliphatic carbocycles. The van der Waals surface area contributed by atoms with Gasteiger partial charge in [-0.2, -0.15) is 0 Å². The largest absolute Gasteiger partial charge is 0.490 e. The van der Waals surface area contributed by atoms with Gasteiger partial charge >= 0.3 is 0 Å². The van der Waals surface area contributed by atoms with E-state index in [2.05, 4.69) is 36.7 Å². The van der Waals surface area contributed by atoms with Gasteiger partial charge in [-0.25, -0.2) is 0 Å². The summed E-state index contributed by atoms with van der Waals surface area (Å²) in [6, 6.07) is 6.02. The van der Waals surface area contributed by atoms with E-state index in [0.717, 1.165) is 22.2 Å². The van der Waals surface area contributed by atoms with Gasteiger partial charge in [0, 0.05) is 7.11 Å². The topological polar surface area (TPSA) is 18.5 Å². The average Bonchev–Trinajstić information content (AvgIpc) is 2.40. The van der Waals surface area contributed by atoms with Gasteiger partial charge in [0.15, 0.2) is 0 Å². The molecule has 1 aromatic rings. The summed E-state index contributed by atoms with van der Waals surface area (Å²) < 4.78 is 11.5. The van der Waals surface area contributed by atoms with Crippen LogP contribution < -0.4 is 4.74 Å². The van der Waals surface area contributed by atoms with Gasteiger partial charge in [-0.1, -0.05) is 26.8 Å². The number of alkyl halides is 1. The Morgan fingerprint density at radius 2 is 2.00 bits per heavy atom. The summed E-state index contributed by atoms with van der Waals surface area (Å²) in [5.74, 6) is 0.818. The highest BCUT2D eigenvalue weighted by atomic mass is 79.9. The second-order valence-corrected chi connectivity index (χ2v) is 6.53. The standard InChI is InChI=1S/C15H22BrClO2/c1-5-15(2,3)14(17)11-6-7-13(12(16)10-11)19-9-8-18-4/h6-7,10,14H,5,8-9H2,1-4H3. The molecule has 0 radical (unpaired) electrons. The molecular formula is C15H22BrClO2. The Labute approximate surface area is 129 Å². The van der Waals surface area contributed by atoms with Crippen LogP contribution in [0.25, 0.3) is 0 Å². The smallest absolute Gasteiger partial charge is 0.133 e. The fraction of sp³-hybridized carbons (Fsp3) is 0.600. The van der Waals surface area contributed by atoms with Gasteiger partial charge in [-0.3, -0.25) is 0 Å². The second-order valence-electron chi connectivity index (χ2n) is 5.24. The van der Waals surface area contributed by atoms with Crippen molar-refractivity contribution >= 4 is 27.5 Å². The number of halogens is 2. The fourth-order valence-electron chi connectivity index (χ4n) is 1.66. The third-order valence-corrected chi connectivity index (χ3v) is 4.85. The molecule has 1 unspecified atom stereocenters. The minimum absolute atomic E-state index is 0.0122. The van der Waals surface area contributed by atoms with E-state index in [1.54, 1.807) is 7.11 Å². The number of ether oxygens (including phenoxy) is 2. The third-order valence-electron chi connectivity index (χ3n) is 3.39. The monoisotopic (exact) mass is 348 g/mol. The number of benzene rings is 1. The third kappa shape index (κ3) is 4.66. The molecule has 2 nitrogen and oxygen atoms in total. The van der Waals surface area contributed by atoms with E-state index in [9.17, 15) is 0 Å². The van der Waals surface area contributed by atoms with Crippen molar-refractivity contribution in [3.63, 3.8) is 0 Å². The van der Waals surface area contributed by atoms with Gasteiger partial charge in [0.2, 0.25) is 0 Å².